The summed E-state index contributed by atoms with van der Waals surface area (Å²) in [5, 5.41) is 10.6. The van der Waals surface area contributed by atoms with Gasteiger partial charge in [0.05, 0.1) is 25.0 Å². The molecule has 0 saturated heterocycles. The lowest BCUT2D eigenvalue weighted by atomic mass is 10.4. The Hall–Kier alpha value is -3.01. The van der Waals surface area contributed by atoms with Crippen LogP contribution in [-0.4, -0.2) is 70.9 Å². The van der Waals surface area contributed by atoms with Gasteiger partial charge in [0.15, 0.2) is 17.3 Å². The largest absolute Gasteiger partial charge is 0.489 e. The molecule has 0 spiro atoms. The van der Waals surface area contributed by atoms with Crippen LogP contribution in [0.3, 0.4) is 0 Å². The lowest BCUT2D eigenvalue weighted by molar-refractivity contribution is -0.401. The van der Waals surface area contributed by atoms with Gasteiger partial charge in [0.25, 0.3) is 0 Å². The van der Waals surface area contributed by atoms with Crippen molar-refractivity contribution in [2.75, 3.05) is 40.3 Å². The number of nitrogens with zero attached hydrogens (tertiary/aromatic N) is 5. The summed E-state index contributed by atoms with van der Waals surface area (Å²) in [5.74, 6) is 0.481. The van der Waals surface area contributed by atoms with E-state index in [9.17, 15) is 14.9 Å². The SMILES string of the molecule is CC(=O)N(CCOc1cnc(-c2ccc([N+](=O)[O-])o2)nc1)CCN(C)C. The second kappa shape index (κ2) is 8.90. The summed E-state index contributed by atoms with van der Waals surface area (Å²) in [5.41, 5.74) is 0. The van der Waals surface area contributed by atoms with Crippen LogP contribution in [0.25, 0.3) is 11.6 Å². The molecule has 0 fully saturated rings. The van der Waals surface area contributed by atoms with Crippen molar-refractivity contribution in [1.82, 2.24) is 19.8 Å². The monoisotopic (exact) mass is 363 g/mol. The minimum Gasteiger partial charge on any atom is -0.489 e. The number of furan rings is 1. The molecular weight excluding hydrogens is 342 g/mol. The number of carbonyl (C=O) groups is 1. The summed E-state index contributed by atoms with van der Waals surface area (Å²) in [4.78, 5) is 33.5. The van der Waals surface area contributed by atoms with E-state index in [1.165, 1.54) is 31.5 Å². The number of carbonyl (C=O) groups excluding carboxylic acids is 1. The van der Waals surface area contributed by atoms with Gasteiger partial charge in [0.2, 0.25) is 5.91 Å². The minimum atomic E-state index is -0.627. The van der Waals surface area contributed by atoms with E-state index in [1.807, 2.05) is 19.0 Å². The summed E-state index contributed by atoms with van der Waals surface area (Å²) >= 11 is 0. The van der Waals surface area contributed by atoms with E-state index in [4.69, 9.17) is 9.15 Å². The molecule has 0 unspecified atom stereocenters. The van der Waals surface area contributed by atoms with Gasteiger partial charge < -0.3 is 19.0 Å². The van der Waals surface area contributed by atoms with Crippen LogP contribution in [0.15, 0.2) is 28.9 Å². The maximum Gasteiger partial charge on any atom is 0.433 e. The highest BCUT2D eigenvalue weighted by atomic mass is 16.6. The number of nitro groups is 1. The summed E-state index contributed by atoms with van der Waals surface area (Å²) < 4.78 is 10.6. The Morgan fingerprint density at radius 3 is 2.46 bits per heavy atom. The van der Waals surface area contributed by atoms with E-state index in [2.05, 4.69) is 9.97 Å². The highest BCUT2D eigenvalue weighted by molar-refractivity contribution is 5.73. The molecule has 0 saturated carbocycles. The van der Waals surface area contributed by atoms with Crippen LogP contribution < -0.4 is 4.74 Å². The van der Waals surface area contributed by atoms with Gasteiger partial charge in [-0.3, -0.25) is 14.9 Å². The number of amides is 1. The molecule has 0 bridgehead atoms. The fourth-order valence-electron chi connectivity index (χ4n) is 2.09. The third-order valence-corrected chi connectivity index (χ3v) is 3.51. The van der Waals surface area contributed by atoms with Crippen LogP contribution in [0.4, 0.5) is 5.88 Å². The standard InChI is InChI=1S/C16H21N5O5/c1-12(22)20(7-6-19(2)3)8-9-25-13-10-17-16(18-11-13)14-4-5-15(26-14)21(23)24/h4-5,10-11H,6-9H2,1-3H3. The van der Waals surface area contributed by atoms with Crippen molar-refractivity contribution in [3.05, 3.63) is 34.6 Å². The first kappa shape index (κ1) is 19.3. The molecule has 2 rings (SSSR count). The van der Waals surface area contributed by atoms with Crippen molar-refractivity contribution in [2.45, 2.75) is 6.92 Å². The summed E-state index contributed by atoms with van der Waals surface area (Å²) in [6.07, 6.45) is 2.91. The average Bonchev–Trinajstić information content (AvgIpc) is 3.08. The number of rotatable bonds is 9. The molecular formula is C16H21N5O5. The maximum atomic E-state index is 11.6. The smallest absolute Gasteiger partial charge is 0.433 e. The Labute approximate surface area is 150 Å². The van der Waals surface area contributed by atoms with Crippen molar-refractivity contribution >= 4 is 11.8 Å². The first-order valence-corrected chi connectivity index (χ1v) is 7.96. The zero-order chi connectivity index (χ0) is 19.1. The van der Waals surface area contributed by atoms with Crippen molar-refractivity contribution in [3.8, 4) is 17.3 Å². The molecule has 10 nitrogen and oxygen atoms in total. The Kier molecular flexibility index (Phi) is 6.61. The lowest BCUT2D eigenvalue weighted by Gasteiger charge is -2.22. The second-order valence-corrected chi connectivity index (χ2v) is 5.80. The minimum absolute atomic E-state index is 0.0125. The predicted octanol–water partition coefficient (Wildman–Crippen LogP) is 1.43. The molecule has 0 aliphatic carbocycles. The third-order valence-electron chi connectivity index (χ3n) is 3.51. The van der Waals surface area contributed by atoms with E-state index in [-0.39, 0.29) is 23.4 Å². The molecule has 0 atom stereocenters. The number of hydrogen-bond donors (Lipinski definition) is 0. The Morgan fingerprint density at radius 2 is 1.92 bits per heavy atom. The molecule has 2 heterocycles. The number of ether oxygens (including phenoxy) is 1. The predicted molar refractivity (Wildman–Crippen MR) is 92.7 cm³/mol. The van der Waals surface area contributed by atoms with E-state index in [1.54, 1.807) is 4.90 Å². The molecule has 2 aromatic rings. The molecule has 2 aromatic heterocycles. The van der Waals surface area contributed by atoms with E-state index in [0.717, 1.165) is 6.54 Å². The summed E-state index contributed by atoms with van der Waals surface area (Å²) in [7, 11) is 3.89. The molecule has 0 aliphatic rings. The third kappa shape index (κ3) is 5.52. The van der Waals surface area contributed by atoms with Gasteiger partial charge in [-0.1, -0.05) is 0 Å². The Morgan fingerprint density at radius 1 is 1.23 bits per heavy atom. The molecule has 0 aliphatic heterocycles. The zero-order valence-electron chi connectivity index (χ0n) is 14.9. The molecule has 140 valence electrons. The van der Waals surface area contributed by atoms with E-state index >= 15 is 0 Å². The van der Waals surface area contributed by atoms with E-state index < -0.39 is 4.92 Å². The molecule has 0 aromatic carbocycles. The Bertz CT molecular complexity index is 744. The number of aromatic nitrogens is 2. The van der Waals surface area contributed by atoms with Crippen LogP contribution >= 0.6 is 0 Å². The van der Waals surface area contributed by atoms with Gasteiger partial charge in [0.1, 0.15) is 11.5 Å². The molecule has 1 amide bonds. The van der Waals surface area contributed by atoms with Crippen LogP contribution in [0.1, 0.15) is 6.92 Å². The molecule has 0 radical (unpaired) electrons. The van der Waals surface area contributed by atoms with Gasteiger partial charge in [-0.2, -0.15) is 0 Å². The average molecular weight is 363 g/mol. The maximum absolute atomic E-state index is 11.6. The van der Waals surface area contributed by atoms with Crippen LogP contribution in [0, 0.1) is 10.1 Å². The van der Waals surface area contributed by atoms with Crippen molar-refractivity contribution in [2.24, 2.45) is 0 Å². The topological polar surface area (TPSA) is 115 Å². The second-order valence-electron chi connectivity index (χ2n) is 5.80. The van der Waals surface area contributed by atoms with Crippen molar-refractivity contribution in [3.63, 3.8) is 0 Å². The highest BCUT2D eigenvalue weighted by Gasteiger charge is 2.15. The van der Waals surface area contributed by atoms with Gasteiger partial charge in [-0.25, -0.2) is 9.97 Å². The van der Waals surface area contributed by atoms with E-state index in [0.29, 0.717) is 25.4 Å². The van der Waals surface area contributed by atoms with Gasteiger partial charge >= 0.3 is 5.88 Å². The van der Waals surface area contributed by atoms with Crippen molar-refractivity contribution < 1.29 is 18.9 Å². The molecule has 0 N–H and O–H groups in total. The van der Waals surface area contributed by atoms with Crippen LogP contribution in [-0.2, 0) is 4.79 Å². The summed E-state index contributed by atoms with van der Waals surface area (Å²) in [6.45, 7) is 3.68. The van der Waals surface area contributed by atoms with Gasteiger partial charge in [0, 0.05) is 20.0 Å². The van der Waals surface area contributed by atoms with Crippen molar-refractivity contribution in [1.29, 1.82) is 0 Å². The van der Waals surface area contributed by atoms with Gasteiger partial charge in [-0.15, -0.1) is 0 Å². The zero-order valence-corrected chi connectivity index (χ0v) is 14.9. The lowest BCUT2D eigenvalue weighted by Crippen LogP contribution is -2.37. The highest BCUT2D eigenvalue weighted by Crippen LogP contribution is 2.23. The molecule has 10 heteroatoms. The van der Waals surface area contributed by atoms with Crippen LogP contribution in [0.2, 0.25) is 0 Å². The first-order chi connectivity index (χ1) is 12.4. The summed E-state index contributed by atoms with van der Waals surface area (Å²) in [6, 6.07) is 2.68. The quantitative estimate of drug-likeness (QED) is 0.485. The Balaban J connectivity index is 1.88. The van der Waals surface area contributed by atoms with Crippen LogP contribution in [0.5, 0.6) is 5.75 Å². The molecule has 26 heavy (non-hydrogen) atoms. The normalized spacial score (nSPS) is 10.8. The van der Waals surface area contributed by atoms with Gasteiger partial charge in [-0.05, 0) is 20.2 Å². The fourth-order valence-corrected chi connectivity index (χ4v) is 2.09. The fraction of sp³-hybridized carbons (Fsp3) is 0.438. The first-order valence-electron chi connectivity index (χ1n) is 7.96. The number of likely N-dealkylation sites (N-methyl/N-ethyl adjacent to an activating group) is 1. The number of hydrogen-bond acceptors (Lipinski definition) is 8.